The van der Waals surface area contributed by atoms with Crippen LogP contribution >= 0.6 is 11.3 Å². The molecule has 1 aliphatic rings. The largest absolute Gasteiger partial charge is 0.466 e. The number of aryl methyl sites for hydroxylation is 1. The second-order valence-corrected chi connectivity index (χ2v) is 9.49. The fourth-order valence-corrected chi connectivity index (χ4v) is 5.14. The van der Waals surface area contributed by atoms with E-state index in [-0.39, 0.29) is 24.9 Å². The lowest BCUT2D eigenvalue weighted by molar-refractivity contribution is -0.136. The number of benzene rings is 1. The van der Waals surface area contributed by atoms with Crippen molar-refractivity contribution in [3.63, 3.8) is 0 Å². The van der Waals surface area contributed by atoms with Gasteiger partial charge in [-0.2, -0.15) is 0 Å². The predicted octanol–water partition coefficient (Wildman–Crippen LogP) is 4.72. The Hall–Kier alpha value is -2.97. The van der Waals surface area contributed by atoms with Crippen LogP contribution in [0.25, 0.3) is 5.57 Å². The van der Waals surface area contributed by atoms with Gasteiger partial charge in [0.25, 0.3) is 0 Å². The van der Waals surface area contributed by atoms with Crippen LogP contribution < -0.4 is 10.6 Å². The van der Waals surface area contributed by atoms with E-state index in [1.54, 1.807) is 12.3 Å². The van der Waals surface area contributed by atoms with Crippen molar-refractivity contribution < 1.29 is 19.1 Å². The quantitative estimate of drug-likeness (QED) is 0.543. The minimum atomic E-state index is -0.466. The second-order valence-electron chi connectivity index (χ2n) is 8.66. The van der Waals surface area contributed by atoms with Crippen molar-refractivity contribution in [2.75, 3.05) is 25.2 Å². The van der Waals surface area contributed by atoms with Crippen molar-refractivity contribution in [1.29, 1.82) is 0 Å². The number of ether oxygens (including phenoxy) is 2. The van der Waals surface area contributed by atoms with Crippen molar-refractivity contribution in [3.8, 4) is 0 Å². The summed E-state index contributed by atoms with van der Waals surface area (Å²) in [6.07, 6.45) is 0.731. The van der Waals surface area contributed by atoms with Crippen LogP contribution in [-0.2, 0) is 14.3 Å². The summed E-state index contributed by atoms with van der Waals surface area (Å²) in [6.45, 7) is 10.5. The fraction of sp³-hybridized carbons (Fsp3) is 0.423. The SMILES string of the molecule is CCOC(=O)c1csc(N2C(CC(C)C)=C(CN)C(c3ccc(C)cc3)=C(C(=O)OC)C2C)n1. The van der Waals surface area contributed by atoms with Crippen molar-refractivity contribution in [3.05, 3.63) is 63.3 Å². The van der Waals surface area contributed by atoms with E-state index in [2.05, 4.69) is 18.8 Å². The molecular weight excluding hydrogens is 450 g/mol. The number of allylic oxidation sites excluding steroid dienone is 1. The number of nitrogens with two attached hydrogens (primary N) is 1. The van der Waals surface area contributed by atoms with Crippen LogP contribution in [0.1, 0.15) is 55.7 Å². The van der Waals surface area contributed by atoms with Gasteiger partial charge in [-0.05, 0) is 44.2 Å². The molecule has 2 aromatic rings. The van der Waals surface area contributed by atoms with Crippen LogP contribution in [0.2, 0.25) is 0 Å². The maximum absolute atomic E-state index is 13.1. The Morgan fingerprint density at radius 2 is 1.88 bits per heavy atom. The van der Waals surface area contributed by atoms with E-state index in [1.165, 1.54) is 18.4 Å². The Bertz CT molecular complexity index is 1120. The first-order valence-corrected chi connectivity index (χ1v) is 12.3. The number of hydrogen-bond donors (Lipinski definition) is 1. The molecule has 1 aromatic heterocycles. The molecular formula is C26H33N3O4S. The zero-order chi connectivity index (χ0) is 25.0. The van der Waals surface area contributed by atoms with Gasteiger partial charge in [-0.3, -0.25) is 0 Å². The van der Waals surface area contributed by atoms with Gasteiger partial charge < -0.3 is 20.1 Å². The van der Waals surface area contributed by atoms with E-state index >= 15 is 0 Å². The molecule has 7 nitrogen and oxygen atoms in total. The van der Waals surface area contributed by atoms with E-state index in [1.807, 2.05) is 43.0 Å². The summed E-state index contributed by atoms with van der Waals surface area (Å²) < 4.78 is 10.3. The number of aromatic nitrogens is 1. The molecule has 0 fully saturated rings. The Morgan fingerprint density at radius 3 is 2.44 bits per heavy atom. The van der Waals surface area contributed by atoms with Crippen LogP contribution in [0.3, 0.4) is 0 Å². The van der Waals surface area contributed by atoms with E-state index < -0.39 is 11.9 Å². The average Bonchev–Trinajstić information content (AvgIpc) is 3.28. The van der Waals surface area contributed by atoms with Crippen LogP contribution in [-0.4, -0.2) is 43.2 Å². The van der Waals surface area contributed by atoms with E-state index in [0.29, 0.717) is 16.6 Å². The average molecular weight is 484 g/mol. The molecule has 0 spiro atoms. The van der Waals surface area contributed by atoms with Gasteiger partial charge in [0.1, 0.15) is 0 Å². The molecule has 0 saturated heterocycles. The third-order valence-electron chi connectivity index (χ3n) is 5.75. The number of hydrogen-bond acceptors (Lipinski definition) is 8. The molecule has 0 radical (unpaired) electrons. The van der Waals surface area contributed by atoms with Crippen molar-refractivity contribution in [2.24, 2.45) is 11.7 Å². The topological polar surface area (TPSA) is 94.8 Å². The molecule has 182 valence electrons. The lowest BCUT2D eigenvalue weighted by atomic mass is 9.82. The smallest absolute Gasteiger partial charge is 0.357 e. The van der Waals surface area contributed by atoms with Crippen LogP contribution in [0.4, 0.5) is 5.13 Å². The Morgan fingerprint density at radius 1 is 1.21 bits per heavy atom. The number of esters is 2. The third kappa shape index (κ3) is 5.08. The van der Waals surface area contributed by atoms with Crippen molar-refractivity contribution >= 4 is 34.0 Å². The number of anilines is 1. The molecule has 2 N–H and O–H groups in total. The number of carbonyl (C=O) groups is 2. The zero-order valence-electron chi connectivity index (χ0n) is 20.7. The van der Waals surface area contributed by atoms with E-state index in [0.717, 1.165) is 34.4 Å². The van der Waals surface area contributed by atoms with Gasteiger partial charge in [0.2, 0.25) is 0 Å². The van der Waals surface area contributed by atoms with Gasteiger partial charge in [-0.25, -0.2) is 14.6 Å². The number of nitrogens with zero attached hydrogens (tertiary/aromatic N) is 2. The molecule has 1 aromatic carbocycles. The lowest BCUT2D eigenvalue weighted by Crippen LogP contribution is -2.42. The highest BCUT2D eigenvalue weighted by molar-refractivity contribution is 7.14. The summed E-state index contributed by atoms with van der Waals surface area (Å²) in [7, 11) is 1.39. The van der Waals surface area contributed by atoms with Crippen LogP contribution in [0, 0.1) is 12.8 Å². The number of thiazole rings is 1. The molecule has 0 bridgehead atoms. The van der Waals surface area contributed by atoms with E-state index in [4.69, 9.17) is 15.2 Å². The molecule has 1 unspecified atom stereocenters. The van der Waals surface area contributed by atoms with E-state index in [9.17, 15) is 9.59 Å². The highest BCUT2D eigenvalue weighted by Gasteiger charge is 2.38. The molecule has 3 rings (SSSR count). The Kier molecular flexibility index (Phi) is 8.28. The molecule has 8 heteroatoms. The maximum Gasteiger partial charge on any atom is 0.357 e. The Labute approximate surface area is 205 Å². The van der Waals surface area contributed by atoms with Crippen molar-refractivity contribution in [1.82, 2.24) is 4.98 Å². The minimum Gasteiger partial charge on any atom is -0.466 e. The standard InChI is InChI=1S/C26H33N3O4S/c1-7-33-24(30)20-14-34-26(28-20)29-17(5)22(25(31)32-6)23(18-10-8-16(4)9-11-18)19(13-27)21(29)12-15(2)3/h8-11,14-15,17H,7,12-13,27H2,1-6H3. The summed E-state index contributed by atoms with van der Waals surface area (Å²) in [5, 5.41) is 2.30. The monoisotopic (exact) mass is 483 g/mol. The van der Waals surface area contributed by atoms with Gasteiger partial charge in [-0.15, -0.1) is 11.3 Å². The first kappa shape index (κ1) is 25.6. The molecule has 34 heavy (non-hydrogen) atoms. The minimum absolute atomic E-state index is 0.241. The zero-order valence-corrected chi connectivity index (χ0v) is 21.5. The van der Waals surface area contributed by atoms with Gasteiger partial charge in [0.05, 0.1) is 25.3 Å². The molecule has 1 atom stereocenters. The molecule has 0 aliphatic carbocycles. The van der Waals surface area contributed by atoms with Gasteiger partial charge in [-0.1, -0.05) is 43.7 Å². The summed E-state index contributed by atoms with van der Waals surface area (Å²) in [5.74, 6) is -0.549. The Balaban J connectivity index is 2.27. The summed E-state index contributed by atoms with van der Waals surface area (Å²) in [4.78, 5) is 32.0. The van der Waals surface area contributed by atoms with Crippen LogP contribution in [0.15, 0.2) is 46.5 Å². The van der Waals surface area contributed by atoms with Crippen molar-refractivity contribution in [2.45, 2.75) is 47.1 Å². The maximum atomic E-state index is 13.1. The van der Waals surface area contributed by atoms with Crippen LogP contribution in [0.5, 0.6) is 0 Å². The predicted molar refractivity (Wildman–Crippen MR) is 136 cm³/mol. The molecule has 1 aliphatic heterocycles. The summed E-state index contributed by atoms with van der Waals surface area (Å²) >= 11 is 1.34. The number of rotatable bonds is 8. The normalized spacial score (nSPS) is 16.4. The highest BCUT2D eigenvalue weighted by Crippen LogP contribution is 2.43. The first-order valence-electron chi connectivity index (χ1n) is 11.5. The summed E-state index contributed by atoms with van der Waals surface area (Å²) in [5.41, 5.74) is 11.9. The van der Waals surface area contributed by atoms with Gasteiger partial charge >= 0.3 is 11.9 Å². The summed E-state index contributed by atoms with van der Waals surface area (Å²) in [6, 6.07) is 7.70. The third-order valence-corrected chi connectivity index (χ3v) is 6.59. The molecule has 0 saturated carbocycles. The lowest BCUT2D eigenvalue weighted by Gasteiger charge is -2.40. The number of methoxy groups -OCH3 is 1. The second kappa shape index (κ2) is 11.0. The van der Waals surface area contributed by atoms with Gasteiger partial charge in [0.15, 0.2) is 10.8 Å². The number of carbonyl (C=O) groups excluding carboxylic acids is 2. The highest BCUT2D eigenvalue weighted by atomic mass is 32.1. The fourth-order valence-electron chi connectivity index (χ4n) is 4.24. The molecule has 0 amide bonds. The first-order chi connectivity index (χ1) is 16.2. The molecule has 2 heterocycles. The van der Waals surface area contributed by atoms with Gasteiger partial charge in [0, 0.05) is 23.2 Å².